The standard InChI is InChI=1S/C14H10Br2ClIO/c15-9-3-4-13(18)11(6-9)14(19)5-8-1-2-10(16)7-12(8)17/h1-4,6-7,14,19H,5H2. The lowest BCUT2D eigenvalue weighted by atomic mass is 10.0. The summed E-state index contributed by atoms with van der Waals surface area (Å²) in [5.41, 5.74) is 1.85. The number of rotatable bonds is 3. The second-order valence-corrected chi connectivity index (χ2v) is 7.52. The van der Waals surface area contributed by atoms with Gasteiger partial charge in [-0.1, -0.05) is 49.5 Å². The summed E-state index contributed by atoms with van der Waals surface area (Å²) >= 11 is 15.2. The average Bonchev–Trinajstić information content (AvgIpc) is 2.35. The minimum atomic E-state index is -0.567. The average molecular weight is 516 g/mol. The smallest absolute Gasteiger partial charge is 0.0841 e. The molecule has 0 heterocycles. The van der Waals surface area contributed by atoms with Crippen LogP contribution in [0.15, 0.2) is 45.3 Å². The molecule has 0 bridgehead atoms. The Bertz CT molecular complexity index is 604. The van der Waals surface area contributed by atoms with E-state index in [1.54, 1.807) is 0 Å². The van der Waals surface area contributed by atoms with Crippen LogP contribution in [0.5, 0.6) is 0 Å². The summed E-state index contributed by atoms with van der Waals surface area (Å²) in [5, 5.41) is 11.0. The third-order valence-corrected chi connectivity index (χ3v) is 5.07. The predicted molar refractivity (Wildman–Crippen MR) is 94.7 cm³/mol. The van der Waals surface area contributed by atoms with Crippen LogP contribution in [0.4, 0.5) is 0 Å². The van der Waals surface area contributed by atoms with Crippen LogP contribution in [0.1, 0.15) is 17.2 Å². The first-order chi connectivity index (χ1) is 8.97. The van der Waals surface area contributed by atoms with Crippen molar-refractivity contribution in [2.45, 2.75) is 12.5 Å². The highest BCUT2D eigenvalue weighted by Crippen LogP contribution is 2.29. The van der Waals surface area contributed by atoms with Gasteiger partial charge in [-0.3, -0.25) is 0 Å². The first kappa shape index (κ1) is 15.8. The predicted octanol–water partition coefficient (Wildman–Crippen LogP) is 5.75. The number of benzene rings is 2. The fourth-order valence-electron chi connectivity index (χ4n) is 1.78. The summed E-state index contributed by atoms with van der Waals surface area (Å²) in [4.78, 5) is 0. The summed E-state index contributed by atoms with van der Waals surface area (Å²) in [6, 6.07) is 11.6. The van der Waals surface area contributed by atoms with Gasteiger partial charge in [0.1, 0.15) is 0 Å². The van der Waals surface area contributed by atoms with Crippen molar-refractivity contribution in [3.8, 4) is 0 Å². The zero-order chi connectivity index (χ0) is 14.0. The lowest BCUT2D eigenvalue weighted by Crippen LogP contribution is -2.04. The largest absolute Gasteiger partial charge is 0.388 e. The molecule has 100 valence electrons. The van der Waals surface area contributed by atoms with Gasteiger partial charge in [0.15, 0.2) is 0 Å². The van der Waals surface area contributed by atoms with Crippen LogP contribution in [-0.4, -0.2) is 5.11 Å². The molecule has 0 aromatic heterocycles. The van der Waals surface area contributed by atoms with Gasteiger partial charge in [0.2, 0.25) is 0 Å². The van der Waals surface area contributed by atoms with E-state index in [1.807, 2.05) is 36.4 Å². The molecule has 2 aromatic carbocycles. The van der Waals surface area contributed by atoms with Gasteiger partial charge in [-0.25, -0.2) is 0 Å². The molecule has 0 spiro atoms. The highest BCUT2D eigenvalue weighted by Gasteiger charge is 2.14. The minimum Gasteiger partial charge on any atom is -0.388 e. The molecular formula is C14H10Br2ClIO. The third kappa shape index (κ3) is 4.17. The Morgan fingerprint density at radius 1 is 1.11 bits per heavy atom. The van der Waals surface area contributed by atoms with E-state index >= 15 is 0 Å². The first-order valence-electron chi connectivity index (χ1n) is 5.54. The Labute approximate surface area is 147 Å². The lowest BCUT2D eigenvalue weighted by Gasteiger charge is -2.14. The first-order valence-corrected chi connectivity index (χ1v) is 8.58. The SMILES string of the molecule is OC(Cc1ccc(Br)cc1Cl)c1cc(Br)ccc1I. The van der Waals surface area contributed by atoms with Crippen LogP contribution in [0.3, 0.4) is 0 Å². The highest BCUT2D eigenvalue weighted by atomic mass is 127. The Morgan fingerprint density at radius 2 is 1.74 bits per heavy atom. The molecule has 0 aliphatic carbocycles. The quantitative estimate of drug-likeness (QED) is 0.516. The number of hydrogen-bond acceptors (Lipinski definition) is 1. The molecule has 0 aliphatic heterocycles. The van der Waals surface area contributed by atoms with E-state index in [2.05, 4.69) is 54.5 Å². The van der Waals surface area contributed by atoms with Crippen LogP contribution in [0, 0.1) is 3.57 Å². The summed E-state index contributed by atoms with van der Waals surface area (Å²) in [6.07, 6.45) is -0.0680. The maximum Gasteiger partial charge on any atom is 0.0841 e. The summed E-state index contributed by atoms with van der Waals surface area (Å²) in [6.45, 7) is 0. The van der Waals surface area contributed by atoms with E-state index in [4.69, 9.17) is 11.6 Å². The number of aliphatic hydroxyl groups excluding tert-OH is 1. The van der Waals surface area contributed by atoms with Crippen molar-refractivity contribution < 1.29 is 5.11 Å². The van der Waals surface area contributed by atoms with Crippen molar-refractivity contribution in [2.75, 3.05) is 0 Å². The van der Waals surface area contributed by atoms with Gasteiger partial charge in [0.25, 0.3) is 0 Å². The summed E-state index contributed by atoms with van der Waals surface area (Å²) < 4.78 is 2.94. The van der Waals surface area contributed by atoms with Gasteiger partial charge in [0.05, 0.1) is 6.10 Å². The molecule has 2 rings (SSSR count). The van der Waals surface area contributed by atoms with Crippen molar-refractivity contribution in [3.63, 3.8) is 0 Å². The van der Waals surface area contributed by atoms with Crippen LogP contribution in [-0.2, 0) is 6.42 Å². The fourth-order valence-corrected chi connectivity index (χ4v) is 3.60. The minimum absolute atomic E-state index is 0.499. The van der Waals surface area contributed by atoms with E-state index in [1.165, 1.54) is 0 Å². The van der Waals surface area contributed by atoms with Gasteiger partial charge in [0, 0.05) is 24.0 Å². The monoisotopic (exact) mass is 514 g/mol. The lowest BCUT2D eigenvalue weighted by molar-refractivity contribution is 0.177. The van der Waals surface area contributed by atoms with Crippen molar-refractivity contribution in [1.82, 2.24) is 0 Å². The zero-order valence-electron chi connectivity index (χ0n) is 9.71. The number of hydrogen-bond donors (Lipinski definition) is 1. The van der Waals surface area contributed by atoms with Crippen molar-refractivity contribution in [3.05, 3.63) is 65.1 Å². The number of halogens is 4. The molecule has 5 heteroatoms. The molecule has 1 unspecified atom stereocenters. The molecule has 0 saturated heterocycles. The molecule has 0 aliphatic rings. The van der Waals surface area contributed by atoms with E-state index in [0.717, 1.165) is 23.6 Å². The van der Waals surface area contributed by atoms with Crippen molar-refractivity contribution >= 4 is 66.1 Å². The summed E-state index contributed by atoms with van der Waals surface area (Å²) in [5.74, 6) is 0. The van der Waals surface area contributed by atoms with Gasteiger partial charge in [-0.15, -0.1) is 0 Å². The topological polar surface area (TPSA) is 20.2 Å². The molecule has 0 amide bonds. The van der Waals surface area contributed by atoms with Crippen molar-refractivity contribution in [2.24, 2.45) is 0 Å². The maximum absolute atomic E-state index is 10.4. The van der Waals surface area contributed by atoms with Gasteiger partial charge in [-0.2, -0.15) is 0 Å². The molecular weight excluding hydrogens is 506 g/mol. The molecule has 0 radical (unpaired) electrons. The number of aliphatic hydroxyl groups is 1. The van der Waals surface area contributed by atoms with Crippen molar-refractivity contribution in [1.29, 1.82) is 0 Å². The molecule has 0 fully saturated rings. The van der Waals surface area contributed by atoms with Crippen LogP contribution >= 0.6 is 66.1 Å². The second kappa shape index (κ2) is 6.89. The van der Waals surface area contributed by atoms with Gasteiger partial charge in [-0.05, 0) is 64.0 Å². The molecule has 0 saturated carbocycles. The third-order valence-electron chi connectivity index (χ3n) is 2.75. The van der Waals surface area contributed by atoms with Crippen LogP contribution in [0.2, 0.25) is 5.02 Å². The van der Waals surface area contributed by atoms with E-state index in [9.17, 15) is 5.11 Å². The van der Waals surface area contributed by atoms with E-state index < -0.39 is 6.10 Å². The maximum atomic E-state index is 10.4. The Morgan fingerprint density at radius 3 is 2.42 bits per heavy atom. The molecule has 19 heavy (non-hydrogen) atoms. The van der Waals surface area contributed by atoms with Gasteiger partial charge < -0.3 is 5.11 Å². The second-order valence-electron chi connectivity index (χ2n) is 4.12. The van der Waals surface area contributed by atoms with Gasteiger partial charge >= 0.3 is 0 Å². The Kier molecular flexibility index (Phi) is 5.72. The molecule has 2 aromatic rings. The molecule has 1 nitrogen and oxygen atoms in total. The molecule has 1 N–H and O–H groups in total. The summed E-state index contributed by atoms with van der Waals surface area (Å²) in [7, 11) is 0. The Balaban J connectivity index is 2.25. The fraction of sp³-hybridized carbons (Fsp3) is 0.143. The van der Waals surface area contributed by atoms with E-state index in [0.29, 0.717) is 11.4 Å². The zero-order valence-corrected chi connectivity index (χ0v) is 15.8. The normalized spacial score (nSPS) is 12.5. The Hall–Kier alpha value is 0.380. The van der Waals surface area contributed by atoms with E-state index in [-0.39, 0.29) is 0 Å². The van der Waals surface area contributed by atoms with Crippen LogP contribution < -0.4 is 0 Å². The van der Waals surface area contributed by atoms with Crippen LogP contribution in [0.25, 0.3) is 0 Å². The highest BCUT2D eigenvalue weighted by molar-refractivity contribution is 14.1. The molecule has 1 atom stereocenters.